The molecule has 0 radical (unpaired) electrons. The summed E-state index contributed by atoms with van der Waals surface area (Å²) in [5, 5.41) is 6.45. The lowest BCUT2D eigenvalue weighted by Crippen LogP contribution is -2.38. The number of nitrogens with zero attached hydrogens (tertiary/aromatic N) is 1. The van der Waals surface area contributed by atoms with E-state index in [2.05, 4.69) is 15.6 Å². The van der Waals surface area contributed by atoms with E-state index in [-0.39, 0.29) is 17.9 Å². The second-order valence-electron chi connectivity index (χ2n) is 7.01. The second kappa shape index (κ2) is 8.12. The zero-order valence-corrected chi connectivity index (χ0v) is 14.8. The van der Waals surface area contributed by atoms with Crippen molar-refractivity contribution in [2.75, 3.05) is 26.2 Å². The first-order valence-corrected chi connectivity index (χ1v) is 9.16. The highest BCUT2D eigenvalue weighted by Crippen LogP contribution is 2.29. The number of hydrogen-bond donors (Lipinski definition) is 2. The van der Waals surface area contributed by atoms with Crippen molar-refractivity contribution in [3.63, 3.8) is 0 Å². The number of hydrogen-bond acceptors (Lipinski definition) is 5. The molecule has 6 heteroatoms. The predicted molar refractivity (Wildman–Crippen MR) is 90.7 cm³/mol. The molecule has 1 aromatic rings. The number of aryl methyl sites for hydroxylation is 2. The molecule has 134 valence electrons. The van der Waals surface area contributed by atoms with Crippen LogP contribution in [0.25, 0.3) is 0 Å². The van der Waals surface area contributed by atoms with E-state index in [1.54, 1.807) is 0 Å². The van der Waals surface area contributed by atoms with Crippen LogP contribution >= 0.6 is 0 Å². The normalized spacial score (nSPS) is 25.1. The minimum atomic E-state index is 0.0000256. The number of carbonyl (C=O) groups excluding carboxylic acids is 1. The molecule has 2 atom stereocenters. The largest absolute Gasteiger partial charge is 0.446 e. The number of oxazole rings is 1. The number of nitrogens with one attached hydrogen (secondary N) is 2. The van der Waals surface area contributed by atoms with Crippen molar-refractivity contribution < 1.29 is 13.9 Å². The van der Waals surface area contributed by atoms with Gasteiger partial charge in [-0.05, 0) is 51.6 Å². The third-order valence-corrected chi connectivity index (χ3v) is 5.23. The van der Waals surface area contributed by atoms with Crippen LogP contribution in [0.1, 0.15) is 43.0 Å². The van der Waals surface area contributed by atoms with E-state index in [9.17, 15) is 4.79 Å². The van der Waals surface area contributed by atoms with Gasteiger partial charge in [0.05, 0.1) is 17.7 Å². The maximum Gasteiger partial charge on any atom is 0.225 e. The quantitative estimate of drug-likeness (QED) is 0.828. The molecule has 24 heavy (non-hydrogen) atoms. The summed E-state index contributed by atoms with van der Waals surface area (Å²) >= 11 is 0. The summed E-state index contributed by atoms with van der Waals surface area (Å²) in [6.07, 6.45) is 5.04. The van der Waals surface area contributed by atoms with Crippen molar-refractivity contribution in [3.8, 4) is 0 Å². The molecular formula is C18H29N3O3. The topological polar surface area (TPSA) is 76.4 Å². The van der Waals surface area contributed by atoms with Gasteiger partial charge in [-0.3, -0.25) is 4.79 Å². The van der Waals surface area contributed by atoms with Crippen molar-refractivity contribution in [1.82, 2.24) is 15.6 Å². The van der Waals surface area contributed by atoms with Crippen LogP contribution in [0.15, 0.2) is 4.42 Å². The Morgan fingerprint density at radius 3 is 2.79 bits per heavy atom. The molecule has 1 amide bonds. The lowest BCUT2D eigenvalue weighted by molar-refractivity contribution is -0.126. The van der Waals surface area contributed by atoms with Gasteiger partial charge in [-0.15, -0.1) is 0 Å². The molecule has 2 aliphatic rings. The number of ether oxygens (including phenoxy) is 1. The summed E-state index contributed by atoms with van der Waals surface area (Å²) in [5.41, 5.74) is 0.932. The number of piperidine rings is 1. The smallest absolute Gasteiger partial charge is 0.225 e. The highest BCUT2D eigenvalue weighted by Gasteiger charge is 2.35. The van der Waals surface area contributed by atoms with E-state index in [4.69, 9.17) is 9.15 Å². The minimum Gasteiger partial charge on any atom is -0.446 e. The Morgan fingerprint density at radius 2 is 2.08 bits per heavy atom. The molecule has 0 bridgehead atoms. The van der Waals surface area contributed by atoms with Gasteiger partial charge >= 0.3 is 0 Å². The fraction of sp³-hybridized carbons (Fsp3) is 0.778. The van der Waals surface area contributed by atoms with E-state index in [1.165, 1.54) is 12.8 Å². The monoisotopic (exact) mass is 335 g/mol. The van der Waals surface area contributed by atoms with Crippen LogP contribution in [0.3, 0.4) is 0 Å². The highest BCUT2D eigenvalue weighted by molar-refractivity contribution is 5.79. The van der Waals surface area contributed by atoms with E-state index >= 15 is 0 Å². The van der Waals surface area contributed by atoms with Gasteiger partial charge in [0, 0.05) is 26.5 Å². The number of amides is 1. The Morgan fingerprint density at radius 1 is 1.29 bits per heavy atom. The first-order valence-electron chi connectivity index (χ1n) is 9.16. The van der Waals surface area contributed by atoms with Crippen molar-refractivity contribution in [2.45, 2.75) is 52.1 Å². The van der Waals surface area contributed by atoms with Gasteiger partial charge in [-0.25, -0.2) is 4.98 Å². The average molecular weight is 335 g/mol. The summed E-state index contributed by atoms with van der Waals surface area (Å²) in [6, 6.07) is 0. The molecule has 0 aromatic carbocycles. The third kappa shape index (κ3) is 4.36. The van der Waals surface area contributed by atoms with E-state index in [0.717, 1.165) is 37.4 Å². The fourth-order valence-corrected chi connectivity index (χ4v) is 3.87. The van der Waals surface area contributed by atoms with Crippen LogP contribution < -0.4 is 10.6 Å². The van der Waals surface area contributed by atoms with Crippen LogP contribution in [-0.2, 0) is 16.0 Å². The molecule has 3 heterocycles. The molecule has 0 spiro atoms. The summed E-state index contributed by atoms with van der Waals surface area (Å²) in [6.45, 7) is 7.24. The van der Waals surface area contributed by atoms with Crippen molar-refractivity contribution in [2.24, 2.45) is 11.8 Å². The number of aromatic nitrogens is 1. The first-order chi connectivity index (χ1) is 11.6. The fourth-order valence-electron chi connectivity index (χ4n) is 3.87. The van der Waals surface area contributed by atoms with Gasteiger partial charge in [0.25, 0.3) is 0 Å². The van der Waals surface area contributed by atoms with Crippen LogP contribution in [0.5, 0.6) is 0 Å². The lowest BCUT2D eigenvalue weighted by Gasteiger charge is -2.27. The van der Waals surface area contributed by atoms with Crippen molar-refractivity contribution in [3.05, 3.63) is 17.3 Å². The molecule has 0 aliphatic carbocycles. The van der Waals surface area contributed by atoms with Crippen LogP contribution in [0.4, 0.5) is 0 Å². The maximum atomic E-state index is 12.5. The standard InChI is InChI=1S/C18H29N3O3/c1-12-16(21-13(2)24-12)5-9-20-18(22)15-6-10-23-17(15)11-14-3-7-19-8-4-14/h14-15,17,19H,3-11H2,1-2H3,(H,20,22)/t15-,17-/m1/s1. The minimum absolute atomic E-state index is 0.0000256. The Labute approximate surface area is 143 Å². The third-order valence-electron chi connectivity index (χ3n) is 5.23. The molecule has 3 rings (SSSR count). The predicted octanol–water partition coefficient (Wildman–Crippen LogP) is 1.74. The Hall–Kier alpha value is -1.40. The molecule has 2 saturated heterocycles. The Bertz CT molecular complexity index is 552. The van der Waals surface area contributed by atoms with Gasteiger partial charge in [0.1, 0.15) is 5.76 Å². The van der Waals surface area contributed by atoms with Gasteiger partial charge < -0.3 is 19.8 Å². The van der Waals surface area contributed by atoms with Gasteiger partial charge in [-0.1, -0.05) is 0 Å². The van der Waals surface area contributed by atoms with Crippen LogP contribution in [-0.4, -0.2) is 43.2 Å². The molecular weight excluding hydrogens is 306 g/mol. The average Bonchev–Trinajstić information content (AvgIpc) is 3.15. The number of rotatable bonds is 6. The lowest BCUT2D eigenvalue weighted by atomic mass is 9.87. The van der Waals surface area contributed by atoms with Crippen molar-refractivity contribution >= 4 is 5.91 Å². The molecule has 2 aliphatic heterocycles. The molecule has 0 unspecified atom stereocenters. The molecule has 1 aromatic heterocycles. The SMILES string of the molecule is Cc1nc(CCNC(=O)[C@@H]2CCO[C@@H]2CC2CCNCC2)c(C)o1. The maximum absolute atomic E-state index is 12.5. The van der Waals surface area contributed by atoms with Crippen molar-refractivity contribution in [1.29, 1.82) is 0 Å². The zero-order chi connectivity index (χ0) is 16.9. The summed E-state index contributed by atoms with van der Waals surface area (Å²) in [4.78, 5) is 16.9. The number of carbonyl (C=O) groups is 1. The molecule has 2 N–H and O–H groups in total. The summed E-state index contributed by atoms with van der Waals surface area (Å²) in [5.74, 6) is 2.34. The van der Waals surface area contributed by atoms with E-state index in [0.29, 0.717) is 31.4 Å². The summed E-state index contributed by atoms with van der Waals surface area (Å²) < 4.78 is 11.3. The van der Waals surface area contributed by atoms with E-state index in [1.807, 2.05) is 13.8 Å². The van der Waals surface area contributed by atoms with Crippen LogP contribution in [0.2, 0.25) is 0 Å². The zero-order valence-electron chi connectivity index (χ0n) is 14.8. The van der Waals surface area contributed by atoms with E-state index < -0.39 is 0 Å². The highest BCUT2D eigenvalue weighted by atomic mass is 16.5. The first kappa shape index (κ1) is 17.4. The molecule has 0 saturated carbocycles. The van der Waals surface area contributed by atoms with Crippen LogP contribution in [0, 0.1) is 25.7 Å². The van der Waals surface area contributed by atoms with Gasteiger partial charge in [0.15, 0.2) is 5.89 Å². The van der Waals surface area contributed by atoms with Gasteiger partial charge in [0.2, 0.25) is 5.91 Å². The Kier molecular flexibility index (Phi) is 5.89. The molecule has 6 nitrogen and oxygen atoms in total. The van der Waals surface area contributed by atoms with Gasteiger partial charge in [-0.2, -0.15) is 0 Å². The second-order valence-corrected chi connectivity index (χ2v) is 7.01. The summed E-state index contributed by atoms with van der Waals surface area (Å²) in [7, 11) is 0. The molecule has 2 fully saturated rings. The Balaban J connectivity index is 1.45.